The molecule has 0 N–H and O–H groups in total. The first-order valence-corrected chi connectivity index (χ1v) is 8.35. The van der Waals surface area contributed by atoms with Gasteiger partial charge >= 0.3 is 0 Å². The van der Waals surface area contributed by atoms with Gasteiger partial charge in [-0.25, -0.2) is 0 Å². The molecule has 22 heavy (non-hydrogen) atoms. The number of morpholine rings is 1. The van der Waals surface area contributed by atoms with E-state index in [4.69, 9.17) is 16.3 Å². The molecule has 1 saturated heterocycles. The van der Waals surface area contributed by atoms with E-state index in [-0.39, 0.29) is 0 Å². The van der Waals surface area contributed by atoms with Gasteiger partial charge in [-0.3, -0.25) is 4.90 Å². The molecule has 1 fully saturated rings. The van der Waals surface area contributed by atoms with Gasteiger partial charge in [0.05, 0.1) is 13.2 Å². The van der Waals surface area contributed by atoms with E-state index in [1.54, 1.807) is 0 Å². The Morgan fingerprint density at radius 1 is 0.955 bits per heavy atom. The van der Waals surface area contributed by atoms with Gasteiger partial charge < -0.3 is 4.74 Å². The van der Waals surface area contributed by atoms with Gasteiger partial charge in [-0.15, -0.1) is 0 Å². The number of hydrogen-bond acceptors (Lipinski definition) is 2. The van der Waals surface area contributed by atoms with E-state index in [0.717, 1.165) is 49.9 Å². The Morgan fingerprint density at radius 3 is 2.41 bits per heavy atom. The van der Waals surface area contributed by atoms with Crippen LogP contribution in [0.5, 0.6) is 0 Å². The van der Waals surface area contributed by atoms with Crippen molar-refractivity contribution < 1.29 is 4.74 Å². The summed E-state index contributed by atoms with van der Waals surface area (Å²) in [5.41, 5.74) is 3.68. The Morgan fingerprint density at radius 2 is 1.68 bits per heavy atom. The van der Waals surface area contributed by atoms with E-state index in [0.29, 0.717) is 0 Å². The summed E-state index contributed by atoms with van der Waals surface area (Å²) in [4.78, 5) is 2.49. The molecule has 0 amide bonds. The van der Waals surface area contributed by atoms with Gasteiger partial charge in [0.2, 0.25) is 0 Å². The van der Waals surface area contributed by atoms with Gasteiger partial charge in [-0.05, 0) is 36.6 Å². The third kappa shape index (κ3) is 4.10. The van der Waals surface area contributed by atoms with Gasteiger partial charge in [0.25, 0.3) is 0 Å². The molecule has 0 bridgehead atoms. The third-order valence-corrected chi connectivity index (χ3v) is 4.51. The minimum Gasteiger partial charge on any atom is -0.379 e. The normalized spacial score (nSPS) is 15.9. The zero-order valence-electron chi connectivity index (χ0n) is 12.8. The molecule has 3 heteroatoms. The zero-order chi connectivity index (χ0) is 15.2. The lowest BCUT2D eigenvalue weighted by Crippen LogP contribution is -2.36. The molecule has 2 aromatic carbocycles. The number of aryl methyl sites for hydroxylation is 1. The third-order valence-electron chi connectivity index (χ3n) is 4.18. The summed E-state index contributed by atoms with van der Waals surface area (Å²) in [6.07, 6.45) is 2.32. The van der Waals surface area contributed by atoms with Gasteiger partial charge in [0.1, 0.15) is 0 Å². The second kappa shape index (κ2) is 7.77. The first kappa shape index (κ1) is 15.5. The molecule has 3 rings (SSSR count). The lowest BCUT2D eigenvalue weighted by atomic mass is 10.0. The lowest BCUT2D eigenvalue weighted by molar-refractivity contribution is 0.0375. The van der Waals surface area contributed by atoms with Crippen LogP contribution < -0.4 is 0 Å². The highest BCUT2D eigenvalue weighted by Crippen LogP contribution is 2.27. The van der Waals surface area contributed by atoms with Crippen molar-refractivity contribution in [2.75, 3.05) is 32.8 Å². The Balaban J connectivity index is 1.54. The molecule has 0 saturated carbocycles. The van der Waals surface area contributed by atoms with Crippen LogP contribution in [0.25, 0.3) is 11.1 Å². The molecule has 2 nitrogen and oxygen atoms in total. The predicted molar refractivity (Wildman–Crippen MR) is 92.5 cm³/mol. The van der Waals surface area contributed by atoms with Crippen molar-refractivity contribution in [3.8, 4) is 11.1 Å². The van der Waals surface area contributed by atoms with Crippen molar-refractivity contribution in [3.63, 3.8) is 0 Å². The standard InChI is InChI=1S/C19H22ClNO/c20-19-6-2-1-5-18(19)17-9-7-16(8-10-17)4-3-11-21-12-14-22-15-13-21/h1-2,5-10H,3-4,11-15H2. The molecular formula is C19H22ClNO. The molecule has 1 aliphatic rings. The summed E-state index contributed by atoms with van der Waals surface area (Å²) >= 11 is 6.25. The van der Waals surface area contributed by atoms with Crippen LogP contribution in [-0.2, 0) is 11.2 Å². The van der Waals surface area contributed by atoms with E-state index < -0.39 is 0 Å². The summed E-state index contributed by atoms with van der Waals surface area (Å²) in [6, 6.07) is 16.8. The van der Waals surface area contributed by atoms with E-state index in [2.05, 4.69) is 35.2 Å². The summed E-state index contributed by atoms with van der Waals surface area (Å²) in [5, 5.41) is 0.808. The molecule has 0 atom stereocenters. The number of ether oxygens (including phenoxy) is 1. The van der Waals surface area contributed by atoms with Gasteiger partial charge in [0.15, 0.2) is 0 Å². The Labute approximate surface area is 137 Å². The second-order valence-corrected chi connectivity index (χ2v) is 6.14. The maximum absolute atomic E-state index is 6.25. The largest absolute Gasteiger partial charge is 0.379 e. The van der Waals surface area contributed by atoms with Crippen LogP contribution >= 0.6 is 11.6 Å². The molecule has 0 spiro atoms. The van der Waals surface area contributed by atoms with Gasteiger partial charge in [-0.1, -0.05) is 54.1 Å². The van der Waals surface area contributed by atoms with E-state index in [9.17, 15) is 0 Å². The monoisotopic (exact) mass is 315 g/mol. The molecule has 2 aromatic rings. The molecule has 0 radical (unpaired) electrons. The first-order valence-electron chi connectivity index (χ1n) is 7.97. The summed E-state index contributed by atoms with van der Waals surface area (Å²) in [5.74, 6) is 0. The highest BCUT2D eigenvalue weighted by Gasteiger charge is 2.09. The van der Waals surface area contributed by atoms with E-state index in [1.807, 2.05) is 18.2 Å². The molecule has 1 aliphatic heterocycles. The lowest BCUT2D eigenvalue weighted by Gasteiger charge is -2.26. The predicted octanol–water partition coefficient (Wildman–Crippen LogP) is 4.27. The highest BCUT2D eigenvalue weighted by atomic mass is 35.5. The molecule has 116 valence electrons. The second-order valence-electron chi connectivity index (χ2n) is 5.73. The quantitative estimate of drug-likeness (QED) is 0.817. The van der Waals surface area contributed by atoms with Gasteiger partial charge in [0, 0.05) is 23.7 Å². The Kier molecular flexibility index (Phi) is 5.49. The van der Waals surface area contributed by atoms with Gasteiger partial charge in [-0.2, -0.15) is 0 Å². The zero-order valence-corrected chi connectivity index (χ0v) is 13.6. The smallest absolute Gasteiger partial charge is 0.0594 e. The number of hydrogen-bond donors (Lipinski definition) is 0. The van der Waals surface area contributed by atoms with E-state index in [1.165, 1.54) is 17.5 Å². The van der Waals surface area contributed by atoms with Crippen molar-refractivity contribution in [2.45, 2.75) is 12.8 Å². The summed E-state index contributed by atoms with van der Waals surface area (Å²) < 4.78 is 5.38. The Bertz CT molecular complexity index is 591. The summed E-state index contributed by atoms with van der Waals surface area (Å²) in [6.45, 7) is 5.07. The fraction of sp³-hybridized carbons (Fsp3) is 0.368. The van der Waals surface area contributed by atoms with E-state index >= 15 is 0 Å². The van der Waals surface area contributed by atoms with Crippen LogP contribution in [0.3, 0.4) is 0 Å². The van der Waals surface area contributed by atoms with Crippen LogP contribution in [0.1, 0.15) is 12.0 Å². The number of benzene rings is 2. The minimum absolute atomic E-state index is 0.808. The van der Waals surface area contributed by atoms with Crippen molar-refractivity contribution in [1.29, 1.82) is 0 Å². The van der Waals surface area contributed by atoms with Crippen molar-refractivity contribution in [1.82, 2.24) is 4.90 Å². The summed E-state index contributed by atoms with van der Waals surface area (Å²) in [7, 11) is 0. The maximum atomic E-state index is 6.25. The molecular weight excluding hydrogens is 294 g/mol. The highest BCUT2D eigenvalue weighted by molar-refractivity contribution is 6.33. The fourth-order valence-corrected chi connectivity index (χ4v) is 3.12. The number of rotatable bonds is 5. The van der Waals surface area contributed by atoms with Crippen LogP contribution in [0.15, 0.2) is 48.5 Å². The van der Waals surface area contributed by atoms with Crippen molar-refractivity contribution >= 4 is 11.6 Å². The van der Waals surface area contributed by atoms with Crippen LogP contribution in [-0.4, -0.2) is 37.7 Å². The minimum atomic E-state index is 0.808. The SMILES string of the molecule is Clc1ccccc1-c1ccc(CCCN2CCOCC2)cc1. The number of halogens is 1. The average molecular weight is 316 g/mol. The van der Waals surface area contributed by atoms with Crippen molar-refractivity contribution in [3.05, 3.63) is 59.1 Å². The van der Waals surface area contributed by atoms with Crippen LogP contribution in [0, 0.1) is 0 Å². The molecule has 0 unspecified atom stereocenters. The first-order chi connectivity index (χ1) is 10.8. The Hall–Kier alpha value is -1.35. The topological polar surface area (TPSA) is 12.5 Å². The molecule has 1 heterocycles. The fourth-order valence-electron chi connectivity index (χ4n) is 2.88. The van der Waals surface area contributed by atoms with Crippen molar-refractivity contribution in [2.24, 2.45) is 0 Å². The molecule has 0 aromatic heterocycles. The van der Waals surface area contributed by atoms with Crippen LogP contribution in [0.2, 0.25) is 5.02 Å². The average Bonchev–Trinajstić information content (AvgIpc) is 2.57. The van der Waals surface area contributed by atoms with Crippen LogP contribution in [0.4, 0.5) is 0 Å². The maximum Gasteiger partial charge on any atom is 0.0594 e. The number of nitrogens with zero attached hydrogens (tertiary/aromatic N) is 1. The molecule has 0 aliphatic carbocycles.